The van der Waals surface area contributed by atoms with E-state index in [-0.39, 0.29) is 24.5 Å². The van der Waals surface area contributed by atoms with Gasteiger partial charge in [0.1, 0.15) is 11.8 Å². The quantitative estimate of drug-likeness (QED) is 0.336. The Morgan fingerprint density at radius 1 is 1.21 bits per heavy atom. The van der Waals surface area contributed by atoms with E-state index < -0.39 is 12.0 Å². The third kappa shape index (κ3) is 4.18. The molecule has 0 N–H and O–H groups in total. The minimum atomic E-state index is -0.823. The fourth-order valence-corrected chi connectivity index (χ4v) is 6.23. The molecule has 1 unspecified atom stereocenters. The summed E-state index contributed by atoms with van der Waals surface area (Å²) in [6.07, 6.45) is 1.70. The van der Waals surface area contributed by atoms with Crippen molar-refractivity contribution in [1.29, 1.82) is 0 Å². The number of methoxy groups -OCH3 is 1. The van der Waals surface area contributed by atoms with Gasteiger partial charge in [-0.2, -0.15) is 0 Å². The van der Waals surface area contributed by atoms with E-state index in [1.54, 1.807) is 43.7 Å². The van der Waals surface area contributed by atoms with Crippen molar-refractivity contribution in [3.05, 3.63) is 95.6 Å². The Hall–Kier alpha value is -4.08. The van der Waals surface area contributed by atoms with E-state index in [9.17, 15) is 9.59 Å². The standard InChI is InChI=1S/C29H23ClN2O6S/c1-4-36-28(34)24-15(2)31-29-32(26(24)25-18-8-6-5-7-16(18)9-10-20(25)35-3)27(33)23(39-29)12-17-11-21-22(13-19(17)30)38-14-37-21/h5-13,26H,4,14H2,1-3H3/b23-12+. The number of allylic oxidation sites excluding steroid dienone is 1. The topological polar surface area (TPSA) is 88.4 Å². The second-order valence-corrected chi connectivity index (χ2v) is 10.3. The highest BCUT2D eigenvalue weighted by Gasteiger charge is 2.36. The van der Waals surface area contributed by atoms with E-state index in [1.807, 2.05) is 36.4 Å². The minimum absolute atomic E-state index is 0.111. The molecule has 1 atom stereocenters. The zero-order valence-corrected chi connectivity index (χ0v) is 22.9. The van der Waals surface area contributed by atoms with Gasteiger partial charge >= 0.3 is 5.97 Å². The lowest BCUT2D eigenvalue weighted by atomic mass is 9.90. The van der Waals surface area contributed by atoms with Gasteiger partial charge in [-0.25, -0.2) is 9.79 Å². The van der Waals surface area contributed by atoms with Crippen molar-refractivity contribution in [3.8, 4) is 17.2 Å². The molecule has 0 aliphatic carbocycles. The lowest BCUT2D eigenvalue weighted by molar-refractivity contribution is -0.139. The number of nitrogens with zero attached hydrogens (tertiary/aromatic N) is 2. The number of aromatic nitrogens is 1. The molecule has 0 radical (unpaired) electrons. The first-order valence-corrected chi connectivity index (χ1v) is 13.4. The molecule has 0 amide bonds. The molecule has 10 heteroatoms. The van der Waals surface area contributed by atoms with E-state index in [0.29, 0.717) is 48.4 Å². The Kier molecular flexibility index (Phi) is 6.40. The first-order valence-electron chi connectivity index (χ1n) is 12.3. The van der Waals surface area contributed by atoms with Crippen molar-refractivity contribution >= 4 is 45.8 Å². The number of hydrogen-bond acceptors (Lipinski definition) is 8. The number of halogens is 1. The average Bonchev–Trinajstić information content (AvgIpc) is 3.50. The number of ether oxygens (including phenoxy) is 4. The molecule has 3 heterocycles. The van der Waals surface area contributed by atoms with Gasteiger partial charge in [-0.15, -0.1) is 0 Å². The van der Waals surface area contributed by atoms with Crippen molar-refractivity contribution in [2.24, 2.45) is 4.99 Å². The third-order valence-corrected chi connectivity index (χ3v) is 8.03. The fraction of sp³-hybridized carbons (Fsp3) is 0.207. The smallest absolute Gasteiger partial charge is 0.338 e. The number of rotatable bonds is 5. The van der Waals surface area contributed by atoms with E-state index in [4.69, 9.17) is 30.5 Å². The molecular weight excluding hydrogens is 540 g/mol. The summed E-state index contributed by atoms with van der Waals surface area (Å²) in [5.41, 5.74) is 1.73. The van der Waals surface area contributed by atoms with Crippen LogP contribution in [0.25, 0.3) is 16.8 Å². The van der Waals surface area contributed by atoms with Gasteiger partial charge in [0.2, 0.25) is 6.79 Å². The fourth-order valence-electron chi connectivity index (χ4n) is 4.98. The van der Waals surface area contributed by atoms with Crippen LogP contribution in [0.4, 0.5) is 0 Å². The zero-order valence-electron chi connectivity index (χ0n) is 21.3. The zero-order chi connectivity index (χ0) is 27.3. The SMILES string of the molecule is CCOC(=O)C1=C(C)N=c2s/c(=C/c3cc4c(cc3Cl)OCO4)c(=O)n2C1c1c(OC)ccc2ccccc12. The number of fused-ring (bicyclic) bond motifs is 3. The van der Waals surface area contributed by atoms with E-state index in [2.05, 4.69) is 4.99 Å². The van der Waals surface area contributed by atoms with Crippen LogP contribution in [-0.2, 0) is 9.53 Å². The summed E-state index contributed by atoms with van der Waals surface area (Å²) in [6.45, 7) is 3.79. The van der Waals surface area contributed by atoms with Crippen LogP contribution < -0.4 is 29.1 Å². The third-order valence-electron chi connectivity index (χ3n) is 6.72. The molecule has 39 heavy (non-hydrogen) atoms. The molecule has 2 aliphatic heterocycles. The first kappa shape index (κ1) is 25.2. The van der Waals surface area contributed by atoms with Gasteiger partial charge < -0.3 is 18.9 Å². The predicted octanol–water partition coefficient (Wildman–Crippen LogP) is 4.34. The molecule has 0 spiro atoms. The van der Waals surface area contributed by atoms with Crippen molar-refractivity contribution in [2.75, 3.05) is 20.5 Å². The van der Waals surface area contributed by atoms with Crippen molar-refractivity contribution in [3.63, 3.8) is 0 Å². The van der Waals surface area contributed by atoms with Gasteiger partial charge in [-0.05, 0) is 48.4 Å². The highest BCUT2D eigenvalue weighted by Crippen LogP contribution is 2.40. The van der Waals surface area contributed by atoms with Gasteiger partial charge in [0.25, 0.3) is 5.56 Å². The van der Waals surface area contributed by atoms with Crippen LogP contribution in [0.15, 0.2) is 69.6 Å². The average molecular weight is 563 g/mol. The largest absolute Gasteiger partial charge is 0.496 e. The Morgan fingerprint density at radius 3 is 2.74 bits per heavy atom. The minimum Gasteiger partial charge on any atom is -0.496 e. The molecule has 2 aliphatic rings. The molecule has 3 aromatic carbocycles. The van der Waals surface area contributed by atoms with Crippen LogP contribution in [0.2, 0.25) is 5.02 Å². The first-order chi connectivity index (χ1) is 18.9. The monoisotopic (exact) mass is 562 g/mol. The van der Waals surface area contributed by atoms with Crippen LogP contribution in [0, 0.1) is 0 Å². The van der Waals surface area contributed by atoms with Gasteiger partial charge in [-0.1, -0.05) is 53.3 Å². The van der Waals surface area contributed by atoms with Crippen LogP contribution in [0.5, 0.6) is 17.2 Å². The van der Waals surface area contributed by atoms with E-state index >= 15 is 0 Å². The molecule has 4 aromatic rings. The maximum Gasteiger partial charge on any atom is 0.338 e. The normalized spacial score (nSPS) is 16.3. The molecule has 0 bridgehead atoms. The number of esters is 1. The molecule has 0 fully saturated rings. The summed E-state index contributed by atoms with van der Waals surface area (Å²) in [5, 5.41) is 2.22. The molecular formula is C29H23ClN2O6S. The van der Waals surface area contributed by atoms with Crippen molar-refractivity contribution in [2.45, 2.75) is 19.9 Å². The van der Waals surface area contributed by atoms with Gasteiger partial charge in [0, 0.05) is 11.6 Å². The second kappa shape index (κ2) is 9.91. The molecule has 8 nitrogen and oxygen atoms in total. The summed E-state index contributed by atoms with van der Waals surface area (Å²) in [4.78, 5) is 32.6. The maximum absolute atomic E-state index is 14.1. The molecule has 0 saturated heterocycles. The molecule has 1 aromatic heterocycles. The van der Waals surface area contributed by atoms with Gasteiger partial charge in [0.05, 0.1) is 34.5 Å². The van der Waals surface area contributed by atoms with Crippen LogP contribution in [-0.4, -0.2) is 31.0 Å². The molecule has 0 saturated carbocycles. The van der Waals surface area contributed by atoms with Crippen LogP contribution in [0.1, 0.15) is 31.0 Å². The lowest BCUT2D eigenvalue weighted by Crippen LogP contribution is -2.40. The number of thiazole rings is 1. The lowest BCUT2D eigenvalue weighted by Gasteiger charge is -2.27. The highest BCUT2D eigenvalue weighted by atomic mass is 35.5. The van der Waals surface area contributed by atoms with E-state index in [0.717, 1.165) is 10.8 Å². The maximum atomic E-state index is 14.1. The summed E-state index contributed by atoms with van der Waals surface area (Å²) in [7, 11) is 1.57. The van der Waals surface area contributed by atoms with Crippen molar-refractivity contribution < 1.29 is 23.7 Å². The summed E-state index contributed by atoms with van der Waals surface area (Å²) in [6, 6.07) is 14.2. The number of hydrogen-bond donors (Lipinski definition) is 0. The Bertz CT molecular complexity index is 1870. The van der Waals surface area contributed by atoms with Crippen LogP contribution in [0.3, 0.4) is 0 Å². The molecule has 6 rings (SSSR count). The second-order valence-electron chi connectivity index (χ2n) is 8.93. The number of carbonyl (C=O) groups is 1. The van der Waals surface area contributed by atoms with Crippen LogP contribution >= 0.6 is 22.9 Å². The number of carbonyl (C=O) groups excluding carboxylic acids is 1. The highest BCUT2D eigenvalue weighted by molar-refractivity contribution is 7.07. The summed E-state index contributed by atoms with van der Waals surface area (Å²) in [5.74, 6) is 1.11. The van der Waals surface area contributed by atoms with Crippen molar-refractivity contribution in [1.82, 2.24) is 4.57 Å². The summed E-state index contributed by atoms with van der Waals surface area (Å²) < 4.78 is 24.1. The predicted molar refractivity (Wildman–Crippen MR) is 148 cm³/mol. The Balaban J connectivity index is 1.64. The Morgan fingerprint density at radius 2 is 1.97 bits per heavy atom. The number of benzene rings is 3. The molecule has 198 valence electrons. The Labute approximate surface area is 232 Å². The summed E-state index contributed by atoms with van der Waals surface area (Å²) >= 11 is 7.73. The van der Waals surface area contributed by atoms with E-state index in [1.165, 1.54) is 11.3 Å². The van der Waals surface area contributed by atoms with Gasteiger partial charge in [0.15, 0.2) is 16.3 Å². The van der Waals surface area contributed by atoms with Gasteiger partial charge in [-0.3, -0.25) is 9.36 Å².